The SMILES string of the molecule is O=[N+]([O-])c1ccc(Br)cc1N1CCC(C2CCCN2)CC1. The molecule has 5 nitrogen and oxygen atoms in total. The molecule has 1 aromatic rings. The molecule has 0 saturated carbocycles. The van der Waals surface area contributed by atoms with Crippen LogP contribution in [0, 0.1) is 16.0 Å². The lowest BCUT2D eigenvalue weighted by Crippen LogP contribution is -2.41. The number of benzene rings is 1. The summed E-state index contributed by atoms with van der Waals surface area (Å²) in [5, 5.41) is 14.8. The third-order valence-corrected chi connectivity index (χ3v) is 5.18. The molecule has 0 spiro atoms. The maximum absolute atomic E-state index is 11.2. The molecule has 2 heterocycles. The van der Waals surface area contributed by atoms with E-state index in [9.17, 15) is 10.1 Å². The highest BCUT2D eigenvalue weighted by Gasteiger charge is 2.30. The summed E-state index contributed by atoms with van der Waals surface area (Å²) in [6.07, 6.45) is 4.78. The Morgan fingerprint density at radius 3 is 2.67 bits per heavy atom. The van der Waals surface area contributed by atoms with Crippen LogP contribution in [-0.2, 0) is 0 Å². The molecule has 3 rings (SSSR count). The van der Waals surface area contributed by atoms with Crippen molar-refractivity contribution in [3.63, 3.8) is 0 Å². The van der Waals surface area contributed by atoms with E-state index >= 15 is 0 Å². The molecule has 0 amide bonds. The van der Waals surface area contributed by atoms with Gasteiger partial charge in [0.05, 0.1) is 4.92 Å². The molecule has 114 valence electrons. The van der Waals surface area contributed by atoms with Gasteiger partial charge in [0, 0.05) is 29.7 Å². The fourth-order valence-electron chi connectivity index (χ4n) is 3.56. The minimum atomic E-state index is -0.285. The summed E-state index contributed by atoms with van der Waals surface area (Å²) in [5.74, 6) is 0.718. The summed E-state index contributed by atoms with van der Waals surface area (Å²) in [6, 6.07) is 5.84. The van der Waals surface area contributed by atoms with Gasteiger partial charge >= 0.3 is 0 Å². The first-order valence-corrected chi connectivity index (χ1v) is 8.37. The Labute approximate surface area is 133 Å². The van der Waals surface area contributed by atoms with E-state index < -0.39 is 0 Å². The van der Waals surface area contributed by atoms with Crippen molar-refractivity contribution in [2.75, 3.05) is 24.5 Å². The Morgan fingerprint density at radius 2 is 2.05 bits per heavy atom. The molecule has 0 bridgehead atoms. The van der Waals surface area contributed by atoms with Crippen molar-refractivity contribution in [2.24, 2.45) is 5.92 Å². The van der Waals surface area contributed by atoms with E-state index in [1.807, 2.05) is 6.07 Å². The van der Waals surface area contributed by atoms with E-state index in [-0.39, 0.29) is 10.6 Å². The Kier molecular flexibility index (Phi) is 4.45. The van der Waals surface area contributed by atoms with Gasteiger partial charge in [-0.25, -0.2) is 0 Å². The molecule has 0 aromatic heterocycles. The summed E-state index contributed by atoms with van der Waals surface area (Å²) in [5.41, 5.74) is 0.947. The van der Waals surface area contributed by atoms with E-state index in [1.54, 1.807) is 12.1 Å². The highest BCUT2D eigenvalue weighted by Crippen LogP contribution is 2.35. The van der Waals surface area contributed by atoms with Gasteiger partial charge in [-0.1, -0.05) is 15.9 Å². The fraction of sp³-hybridized carbons (Fsp3) is 0.600. The van der Waals surface area contributed by atoms with Crippen LogP contribution in [0.4, 0.5) is 11.4 Å². The first kappa shape index (κ1) is 14.8. The maximum Gasteiger partial charge on any atom is 0.292 e. The lowest BCUT2D eigenvalue weighted by atomic mass is 9.88. The second kappa shape index (κ2) is 6.32. The van der Waals surface area contributed by atoms with Crippen LogP contribution in [0.25, 0.3) is 0 Å². The summed E-state index contributed by atoms with van der Waals surface area (Å²) >= 11 is 3.42. The Hall–Kier alpha value is -1.14. The Balaban J connectivity index is 1.71. The maximum atomic E-state index is 11.2. The van der Waals surface area contributed by atoms with Gasteiger partial charge in [0.2, 0.25) is 0 Å². The van der Waals surface area contributed by atoms with Gasteiger partial charge in [0.25, 0.3) is 5.69 Å². The first-order valence-electron chi connectivity index (χ1n) is 7.57. The molecular formula is C15H20BrN3O2. The number of halogens is 1. The van der Waals surface area contributed by atoms with Crippen molar-refractivity contribution in [2.45, 2.75) is 31.7 Å². The largest absolute Gasteiger partial charge is 0.366 e. The average Bonchev–Trinajstić information content (AvgIpc) is 3.01. The van der Waals surface area contributed by atoms with Gasteiger partial charge in [0.1, 0.15) is 5.69 Å². The van der Waals surface area contributed by atoms with E-state index in [0.29, 0.717) is 6.04 Å². The molecule has 0 radical (unpaired) electrons. The number of nitrogens with one attached hydrogen (secondary N) is 1. The van der Waals surface area contributed by atoms with Crippen molar-refractivity contribution in [3.05, 3.63) is 32.8 Å². The second-order valence-corrected chi connectivity index (χ2v) is 6.83. The van der Waals surface area contributed by atoms with Crippen LogP contribution in [0.1, 0.15) is 25.7 Å². The molecule has 1 N–H and O–H groups in total. The van der Waals surface area contributed by atoms with Crippen LogP contribution in [-0.4, -0.2) is 30.6 Å². The number of nitro groups is 1. The van der Waals surface area contributed by atoms with E-state index in [2.05, 4.69) is 26.1 Å². The number of hydrogen-bond donors (Lipinski definition) is 1. The molecule has 2 aliphatic rings. The molecule has 1 atom stereocenters. The van der Waals surface area contributed by atoms with Crippen molar-refractivity contribution in [1.82, 2.24) is 5.32 Å². The third-order valence-electron chi connectivity index (χ3n) is 4.68. The average molecular weight is 354 g/mol. The van der Waals surface area contributed by atoms with E-state index in [0.717, 1.165) is 48.6 Å². The molecule has 2 aliphatic heterocycles. The number of anilines is 1. The zero-order valence-electron chi connectivity index (χ0n) is 11.9. The normalized spacial score (nSPS) is 23.5. The van der Waals surface area contributed by atoms with Gasteiger partial charge in [-0.05, 0) is 50.3 Å². The van der Waals surface area contributed by atoms with E-state index in [4.69, 9.17) is 0 Å². The summed E-state index contributed by atoms with van der Waals surface area (Å²) in [7, 11) is 0. The second-order valence-electron chi connectivity index (χ2n) is 5.92. The minimum Gasteiger partial charge on any atom is -0.366 e. The quantitative estimate of drug-likeness (QED) is 0.668. The van der Waals surface area contributed by atoms with Crippen molar-refractivity contribution < 1.29 is 4.92 Å². The highest BCUT2D eigenvalue weighted by atomic mass is 79.9. The van der Waals surface area contributed by atoms with Crippen molar-refractivity contribution in [1.29, 1.82) is 0 Å². The van der Waals surface area contributed by atoms with Crippen molar-refractivity contribution in [3.8, 4) is 0 Å². The van der Waals surface area contributed by atoms with Crippen LogP contribution >= 0.6 is 15.9 Å². The number of nitrogens with zero attached hydrogens (tertiary/aromatic N) is 2. The molecule has 0 aliphatic carbocycles. The van der Waals surface area contributed by atoms with Crippen LogP contribution < -0.4 is 10.2 Å². The fourth-order valence-corrected chi connectivity index (χ4v) is 3.91. The standard InChI is InChI=1S/C15H20BrN3O2/c16-12-3-4-14(19(20)21)15(10-12)18-8-5-11(6-9-18)13-2-1-7-17-13/h3-4,10-11,13,17H,1-2,5-9H2. The zero-order valence-corrected chi connectivity index (χ0v) is 13.5. The predicted octanol–water partition coefficient (Wildman–Crippen LogP) is 3.33. The summed E-state index contributed by atoms with van der Waals surface area (Å²) in [4.78, 5) is 13.1. The molecule has 2 fully saturated rings. The monoisotopic (exact) mass is 353 g/mol. The molecule has 2 saturated heterocycles. The lowest BCUT2D eigenvalue weighted by molar-refractivity contribution is -0.384. The van der Waals surface area contributed by atoms with Crippen molar-refractivity contribution >= 4 is 27.3 Å². The summed E-state index contributed by atoms with van der Waals surface area (Å²) in [6.45, 7) is 2.95. The summed E-state index contributed by atoms with van der Waals surface area (Å²) < 4.78 is 0.891. The molecule has 6 heteroatoms. The topological polar surface area (TPSA) is 58.4 Å². The smallest absolute Gasteiger partial charge is 0.292 e. The number of nitro benzene ring substituents is 1. The van der Waals surface area contributed by atoms with Crippen LogP contribution in [0.2, 0.25) is 0 Å². The number of rotatable bonds is 3. The molecule has 1 unspecified atom stereocenters. The van der Waals surface area contributed by atoms with Gasteiger partial charge in [0.15, 0.2) is 0 Å². The van der Waals surface area contributed by atoms with Gasteiger partial charge < -0.3 is 10.2 Å². The molecule has 21 heavy (non-hydrogen) atoms. The lowest BCUT2D eigenvalue weighted by Gasteiger charge is -2.36. The van der Waals surface area contributed by atoms with Gasteiger partial charge in [-0.15, -0.1) is 0 Å². The molecular weight excluding hydrogens is 334 g/mol. The molecule has 1 aromatic carbocycles. The Morgan fingerprint density at radius 1 is 1.29 bits per heavy atom. The number of hydrogen-bond acceptors (Lipinski definition) is 4. The number of piperidine rings is 1. The van der Waals surface area contributed by atoms with Crippen LogP contribution in [0.5, 0.6) is 0 Å². The zero-order chi connectivity index (χ0) is 14.8. The Bertz CT molecular complexity index is 524. The highest BCUT2D eigenvalue weighted by molar-refractivity contribution is 9.10. The van der Waals surface area contributed by atoms with Crippen LogP contribution in [0.15, 0.2) is 22.7 Å². The third kappa shape index (κ3) is 3.21. The van der Waals surface area contributed by atoms with E-state index in [1.165, 1.54) is 12.8 Å². The van der Waals surface area contributed by atoms with Crippen LogP contribution in [0.3, 0.4) is 0 Å². The predicted molar refractivity (Wildman–Crippen MR) is 86.8 cm³/mol. The van der Waals surface area contributed by atoms with Gasteiger partial charge in [-0.2, -0.15) is 0 Å². The minimum absolute atomic E-state index is 0.204. The first-order chi connectivity index (χ1) is 10.1. The van der Waals surface area contributed by atoms with Gasteiger partial charge in [-0.3, -0.25) is 10.1 Å².